The van der Waals surface area contributed by atoms with Gasteiger partial charge >= 0.3 is 0 Å². The zero-order valence-corrected chi connectivity index (χ0v) is 11.7. The van der Waals surface area contributed by atoms with Crippen molar-refractivity contribution in [2.75, 3.05) is 0 Å². The van der Waals surface area contributed by atoms with Gasteiger partial charge in [-0.3, -0.25) is 0 Å². The number of alkyl halides is 1. The van der Waals surface area contributed by atoms with E-state index in [0.29, 0.717) is 5.92 Å². The zero-order valence-electron chi connectivity index (χ0n) is 9.55. The predicted molar refractivity (Wildman–Crippen MR) is 68.4 cm³/mol. The fourth-order valence-electron chi connectivity index (χ4n) is 1.77. The van der Waals surface area contributed by atoms with E-state index in [4.69, 9.17) is 16.0 Å². The first-order valence-corrected chi connectivity index (χ1v) is 7.47. The van der Waals surface area contributed by atoms with Crippen molar-refractivity contribution < 1.29 is 4.43 Å². The molecule has 1 aliphatic carbocycles. The van der Waals surface area contributed by atoms with Crippen LogP contribution in [0.15, 0.2) is 11.6 Å². The Morgan fingerprint density at radius 3 is 2.80 bits per heavy atom. The molecule has 0 aliphatic heterocycles. The average molecular weight is 243 g/mol. The molecule has 0 saturated heterocycles. The van der Waals surface area contributed by atoms with Crippen LogP contribution in [-0.4, -0.2) is 14.8 Å². The minimum atomic E-state index is -0.680. The highest BCUT2D eigenvalue weighted by Gasteiger charge is 2.23. The molecule has 0 aromatic carbocycles. The van der Waals surface area contributed by atoms with E-state index < -0.39 is 9.76 Å². The van der Waals surface area contributed by atoms with Gasteiger partial charge in [0.15, 0.2) is 0 Å². The summed E-state index contributed by atoms with van der Waals surface area (Å²) in [5.41, 5.74) is 1.05. The molecular weight excluding hydrogens is 224 g/mol. The third-order valence-electron chi connectivity index (χ3n) is 2.91. The van der Waals surface area contributed by atoms with Gasteiger partial charge in [-0.15, -0.1) is 11.6 Å². The van der Waals surface area contributed by atoms with Gasteiger partial charge in [-0.2, -0.15) is 0 Å². The van der Waals surface area contributed by atoms with Crippen LogP contribution in [0.1, 0.15) is 39.5 Å². The molecule has 0 amide bonds. The van der Waals surface area contributed by atoms with Crippen molar-refractivity contribution in [2.24, 2.45) is 5.92 Å². The molecule has 0 N–H and O–H groups in total. The smallest absolute Gasteiger partial charge is 0.253 e. The highest BCUT2D eigenvalue weighted by molar-refractivity contribution is 6.49. The molecule has 1 saturated carbocycles. The monoisotopic (exact) mass is 242 g/mol. The van der Waals surface area contributed by atoms with Crippen molar-refractivity contribution in [3.8, 4) is 12.0 Å². The quantitative estimate of drug-likeness (QED) is 0.420. The Kier molecular flexibility index (Phi) is 5.89. The largest absolute Gasteiger partial charge is 0.507 e. The lowest BCUT2D eigenvalue weighted by Crippen LogP contribution is -2.20. The van der Waals surface area contributed by atoms with Crippen molar-refractivity contribution in [2.45, 2.75) is 44.5 Å². The summed E-state index contributed by atoms with van der Waals surface area (Å²) in [5.74, 6) is 3.64. The topological polar surface area (TPSA) is 9.23 Å². The molecule has 84 valence electrons. The van der Waals surface area contributed by atoms with E-state index >= 15 is 0 Å². The van der Waals surface area contributed by atoms with E-state index in [1.165, 1.54) is 25.7 Å². The van der Waals surface area contributed by atoms with Gasteiger partial charge in [0.2, 0.25) is 0 Å². The molecule has 1 rings (SSSR count). The lowest BCUT2D eigenvalue weighted by Gasteiger charge is -2.13. The summed E-state index contributed by atoms with van der Waals surface area (Å²) in [7, 11) is -0.680. The van der Waals surface area contributed by atoms with Crippen LogP contribution in [0.25, 0.3) is 0 Å². The van der Waals surface area contributed by atoms with E-state index in [9.17, 15) is 0 Å². The van der Waals surface area contributed by atoms with Crippen LogP contribution in [0.3, 0.4) is 0 Å². The highest BCUT2D eigenvalue weighted by atomic mass is 35.5. The van der Waals surface area contributed by atoms with Crippen molar-refractivity contribution in [3.63, 3.8) is 0 Å². The molecule has 0 spiro atoms. The Labute approximate surface area is 100 Å². The minimum Gasteiger partial charge on any atom is -0.507 e. The Morgan fingerprint density at radius 2 is 2.20 bits per heavy atom. The molecule has 1 unspecified atom stereocenters. The SMILES string of the molecule is CC=C(C)C#CO[SiH2]C(Cl)C1CCCC1. The summed E-state index contributed by atoms with van der Waals surface area (Å²) in [5, 5.41) is 0.271. The third kappa shape index (κ3) is 4.77. The molecular formula is C12H19ClOSi. The minimum absolute atomic E-state index is 0.271. The second-order valence-electron chi connectivity index (χ2n) is 4.07. The van der Waals surface area contributed by atoms with Gasteiger partial charge in [-0.25, -0.2) is 0 Å². The van der Waals surface area contributed by atoms with Gasteiger partial charge in [-0.05, 0) is 44.1 Å². The van der Waals surface area contributed by atoms with Crippen LogP contribution in [0.5, 0.6) is 0 Å². The van der Waals surface area contributed by atoms with Crippen LogP contribution < -0.4 is 0 Å². The number of hydrogen-bond acceptors (Lipinski definition) is 1. The summed E-state index contributed by atoms with van der Waals surface area (Å²) in [6, 6.07) is 0. The number of allylic oxidation sites excluding steroid dienone is 2. The van der Waals surface area contributed by atoms with Gasteiger partial charge in [0.05, 0.1) is 11.1 Å². The summed E-state index contributed by atoms with van der Waals surface area (Å²) in [4.78, 5) is 0. The molecule has 0 aromatic heterocycles. The van der Waals surface area contributed by atoms with Crippen LogP contribution in [0.2, 0.25) is 0 Å². The first kappa shape index (κ1) is 12.7. The van der Waals surface area contributed by atoms with E-state index in [0.717, 1.165) is 5.57 Å². The average Bonchev–Trinajstić information content (AvgIpc) is 2.77. The van der Waals surface area contributed by atoms with E-state index in [1.807, 2.05) is 19.9 Å². The normalized spacial score (nSPS) is 20.3. The Bertz CT molecular complexity index is 271. The third-order valence-corrected chi connectivity index (χ3v) is 4.94. The Balaban J connectivity index is 2.20. The zero-order chi connectivity index (χ0) is 11.1. The predicted octanol–water partition coefficient (Wildman–Crippen LogP) is 2.77. The van der Waals surface area contributed by atoms with Crippen molar-refractivity contribution >= 4 is 21.4 Å². The van der Waals surface area contributed by atoms with Crippen LogP contribution >= 0.6 is 11.6 Å². The molecule has 1 aliphatic rings. The fourth-order valence-corrected chi connectivity index (χ4v) is 3.26. The summed E-state index contributed by atoms with van der Waals surface area (Å²) >= 11 is 6.29. The lowest BCUT2D eigenvalue weighted by atomic mass is 10.1. The molecule has 0 heterocycles. The summed E-state index contributed by atoms with van der Waals surface area (Å²) < 4.78 is 5.39. The van der Waals surface area contributed by atoms with Crippen molar-refractivity contribution in [3.05, 3.63) is 11.6 Å². The van der Waals surface area contributed by atoms with Gasteiger partial charge in [0.1, 0.15) is 0 Å². The van der Waals surface area contributed by atoms with E-state index in [-0.39, 0.29) is 5.00 Å². The van der Waals surface area contributed by atoms with Gasteiger partial charge < -0.3 is 4.43 Å². The van der Waals surface area contributed by atoms with Crippen molar-refractivity contribution in [1.29, 1.82) is 0 Å². The molecule has 15 heavy (non-hydrogen) atoms. The van der Waals surface area contributed by atoms with Crippen LogP contribution in [0, 0.1) is 17.9 Å². The first-order chi connectivity index (χ1) is 7.24. The van der Waals surface area contributed by atoms with Crippen LogP contribution in [0.4, 0.5) is 0 Å². The molecule has 1 atom stereocenters. The van der Waals surface area contributed by atoms with Crippen LogP contribution in [-0.2, 0) is 4.43 Å². The van der Waals surface area contributed by atoms with Gasteiger partial charge in [0.25, 0.3) is 9.76 Å². The molecule has 1 nitrogen and oxygen atoms in total. The van der Waals surface area contributed by atoms with E-state index in [1.54, 1.807) is 0 Å². The van der Waals surface area contributed by atoms with Crippen molar-refractivity contribution in [1.82, 2.24) is 0 Å². The lowest BCUT2D eigenvalue weighted by molar-refractivity contribution is 0.509. The second kappa shape index (κ2) is 6.98. The standard InChI is InChI=1S/C12H19ClOSi/c1-3-10(2)8-9-14-15-12(13)11-6-4-5-7-11/h3,11-12H,4-7,15H2,1-2H3. The number of halogens is 1. The molecule has 0 radical (unpaired) electrons. The van der Waals surface area contributed by atoms with Gasteiger partial charge in [-0.1, -0.05) is 18.9 Å². The fraction of sp³-hybridized carbons (Fsp3) is 0.667. The first-order valence-electron chi connectivity index (χ1n) is 5.64. The maximum Gasteiger partial charge on any atom is 0.253 e. The molecule has 1 fully saturated rings. The van der Waals surface area contributed by atoms with Gasteiger partial charge in [0, 0.05) is 0 Å². The van der Waals surface area contributed by atoms with E-state index in [2.05, 4.69) is 12.0 Å². The number of hydrogen-bond donors (Lipinski definition) is 0. The molecule has 0 bridgehead atoms. The maximum absolute atomic E-state index is 6.29. The molecule has 3 heteroatoms. The Hall–Kier alpha value is -0.393. The summed E-state index contributed by atoms with van der Waals surface area (Å²) in [6.45, 7) is 3.96. The molecule has 0 aromatic rings. The maximum atomic E-state index is 6.29. The highest BCUT2D eigenvalue weighted by Crippen LogP contribution is 2.29. The summed E-state index contributed by atoms with van der Waals surface area (Å²) in [6.07, 6.45) is 9.97. The Morgan fingerprint density at radius 1 is 1.53 bits per heavy atom. The number of rotatable bonds is 3. The second-order valence-corrected chi connectivity index (χ2v) is 6.65.